The van der Waals surface area contributed by atoms with E-state index in [0.29, 0.717) is 19.8 Å². The Labute approximate surface area is 143 Å². The van der Waals surface area contributed by atoms with Crippen LogP contribution < -0.4 is 4.74 Å². The predicted molar refractivity (Wildman–Crippen MR) is 91.0 cm³/mol. The van der Waals surface area contributed by atoms with Crippen LogP contribution in [0.4, 0.5) is 0 Å². The Bertz CT molecular complexity index is 631. The van der Waals surface area contributed by atoms with Gasteiger partial charge in [-0.2, -0.15) is 0 Å². The quantitative estimate of drug-likeness (QED) is 0.807. The van der Waals surface area contributed by atoms with E-state index < -0.39 is 5.60 Å². The molecule has 6 nitrogen and oxygen atoms in total. The van der Waals surface area contributed by atoms with Gasteiger partial charge in [0.2, 0.25) is 0 Å². The third-order valence-corrected chi connectivity index (χ3v) is 4.41. The average molecular weight is 331 g/mol. The van der Waals surface area contributed by atoms with Crippen LogP contribution in [-0.2, 0) is 23.1 Å². The zero-order valence-electron chi connectivity index (χ0n) is 14.4. The number of rotatable bonds is 6. The van der Waals surface area contributed by atoms with E-state index in [0.717, 1.165) is 25.4 Å². The minimum absolute atomic E-state index is 0.454. The van der Waals surface area contributed by atoms with Gasteiger partial charge in [0.1, 0.15) is 18.0 Å². The summed E-state index contributed by atoms with van der Waals surface area (Å²) < 4.78 is 19.6. The minimum Gasteiger partial charge on any atom is -0.490 e. The van der Waals surface area contributed by atoms with E-state index in [2.05, 4.69) is 9.88 Å². The maximum atomic E-state index is 5.95. The Balaban J connectivity index is 1.67. The van der Waals surface area contributed by atoms with E-state index in [1.807, 2.05) is 54.5 Å². The fraction of sp³-hybridized carbons (Fsp3) is 0.500. The van der Waals surface area contributed by atoms with Crippen molar-refractivity contribution >= 4 is 0 Å². The first-order chi connectivity index (χ1) is 11.7. The van der Waals surface area contributed by atoms with E-state index in [1.54, 1.807) is 7.11 Å². The SMILES string of the molecule is CO[C@@]1(COc2ccccc2)COCCN(Cc2cncn2C)C1. The fourth-order valence-corrected chi connectivity index (χ4v) is 2.89. The van der Waals surface area contributed by atoms with Gasteiger partial charge < -0.3 is 18.8 Å². The molecule has 1 aliphatic rings. The third-order valence-electron chi connectivity index (χ3n) is 4.41. The zero-order valence-corrected chi connectivity index (χ0v) is 14.4. The molecule has 0 radical (unpaired) electrons. The molecular weight excluding hydrogens is 306 g/mol. The van der Waals surface area contributed by atoms with Crippen LogP contribution in [-0.4, -0.2) is 60.1 Å². The van der Waals surface area contributed by atoms with Crippen LogP contribution in [0.3, 0.4) is 0 Å². The van der Waals surface area contributed by atoms with Crippen molar-refractivity contribution in [2.45, 2.75) is 12.1 Å². The molecule has 0 saturated carbocycles. The van der Waals surface area contributed by atoms with Gasteiger partial charge >= 0.3 is 0 Å². The van der Waals surface area contributed by atoms with Gasteiger partial charge in [-0.15, -0.1) is 0 Å². The number of hydrogen-bond acceptors (Lipinski definition) is 5. The smallest absolute Gasteiger partial charge is 0.137 e. The van der Waals surface area contributed by atoms with E-state index in [4.69, 9.17) is 14.2 Å². The zero-order chi connectivity index (χ0) is 16.8. The first-order valence-corrected chi connectivity index (χ1v) is 8.19. The summed E-state index contributed by atoms with van der Waals surface area (Å²) in [7, 11) is 3.74. The Kier molecular flexibility index (Phi) is 5.50. The molecule has 1 saturated heterocycles. The Morgan fingerprint density at radius 1 is 1.29 bits per heavy atom. The molecule has 6 heteroatoms. The lowest BCUT2D eigenvalue weighted by Gasteiger charge is -2.34. The lowest BCUT2D eigenvalue weighted by Crippen LogP contribution is -2.50. The van der Waals surface area contributed by atoms with Crippen molar-refractivity contribution in [2.24, 2.45) is 7.05 Å². The molecule has 0 aliphatic carbocycles. The van der Waals surface area contributed by atoms with Crippen molar-refractivity contribution in [2.75, 3.05) is 40.0 Å². The fourth-order valence-electron chi connectivity index (χ4n) is 2.89. The van der Waals surface area contributed by atoms with Gasteiger partial charge in [-0.3, -0.25) is 4.90 Å². The predicted octanol–water partition coefficient (Wildman–Crippen LogP) is 1.72. The molecule has 0 unspecified atom stereocenters. The van der Waals surface area contributed by atoms with Crippen molar-refractivity contribution in [3.63, 3.8) is 0 Å². The lowest BCUT2D eigenvalue weighted by molar-refractivity contribution is -0.0926. The highest BCUT2D eigenvalue weighted by atomic mass is 16.6. The number of aromatic nitrogens is 2. The summed E-state index contributed by atoms with van der Waals surface area (Å²) >= 11 is 0. The van der Waals surface area contributed by atoms with Gasteiger partial charge in [0.05, 0.1) is 25.2 Å². The van der Waals surface area contributed by atoms with E-state index in [-0.39, 0.29) is 0 Å². The second-order valence-electron chi connectivity index (χ2n) is 6.25. The summed E-state index contributed by atoms with van der Waals surface area (Å²) in [5.74, 6) is 0.844. The van der Waals surface area contributed by atoms with Crippen LogP contribution in [0, 0.1) is 0 Å². The lowest BCUT2D eigenvalue weighted by atomic mass is 10.1. The highest BCUT2D eigenvalue weighted by Crippen LogP contribution is 2.20. The summed E-state index contributed by atoms with van der Waals surface area (Å²) in [5, 5.41) is 0. The van der Waals surface area contributed by atoms with Crippen LogP contribution in [0.5, 0.6) is 5.75 Å². The van der Waals surface area contributed by atoms with Crippen LogP contribution >= 0.6 is 0 Å². The number of hydrogen-bond donors (Lipinski definition) is 0. The average Bonchev–Trinajstić information content (AvgIpc) is 2.90. The Hall–Kier alpha value is -1.89. The van der Waals surface area contributed by atoms with Crippen molar-refractivity contribution in [1.82, 2.24) is 14.5 Å². The van der Waals surface area contributed by atoms with Crippen LogP contribution in [0.15, 0.2) is 42.9 Å². The highest BCUT2D eigenvalue weighted by Gasteiger charge is 2.36. The number of para-hydroxylation sites is 1. The second kappa shape index (κ2) is 7.79. The van der Waals surface area contributed by atoms with Crippen LogP contribution in [0.25, 0.3) is 0 Å². The minimum atomic E-state index is -0.481. The van der Waals surface area contributed by atoms with E-state index in [9.17, 15) is 0 Å². The molecule has 2 aromatic rings. The highest BCUT2D eigenvalue weighted by molar-refractivity contribution is 5.21. The molecule has 0 spiro atoms. The molecule has 1 atom stereocenters. The first kappa shape index (κ1) is 17.0. The van der Waals surface area contributed by atoms with Gasteiger partial charge in [-0.25, -0.2) is 4.98 Å². The second-order valence-corrected chi connectivity index (χ2v) is 6.25. The molecule has 0 bridgehead atoms. The molecular formula is C18H25N3O3. The Morgan fingerprint density at radius 3 is 2.83 bits per heavy atom. The summed E-state index contributed by atoms with van der Waals surface area (Å²) in [4.78, 5) is 6.53. The topological polar surface area (TPSA) is 48.8 Å². The van der Waals surface area contributed by atoms with Crippen molar-refractivity contribution in [1.29, 1.82) is 0 Å². The molecule has 3 rings (SSSR count). The molecule has 24 heavy (non-hydrogen) atoms. The van der Waals surface area contributed by atoms with E-state index in [1.165, 1.54) is 5.69 Å². The third kappa shape index (κ3) is 4.14. The number of methoxy groups -OCH3 is 1. The number of benzene rings is 1. The standard InChI is InChI=1S/C18H25N3O3/c1-20-15-19-10-16(20)11-21-8-9-23-13-18(12-21,22-2)14-24-17-6-4-3-5-7-17/h3-7,10,15H,8-9,11-14H2,1-2H3/t18-/m1/s1. The molecule has 130 valence electrons. The van der Waals surface area contributed by atoms with Gasteiger partial charge in [0.25, 0.3) is 0 Å². The molecule has 1 aliphatic heterocycles. The summed E-state index contributed by atoms with van der Waals surface area (Å²) in [5.41, 5.74) is 0.691. The van der Waals surface area contributed by atoms with Crippen molar-refractivity contribution < 1.29 is 14.2 Å². The van der Waals surface area contributed by atoms with Crippen molar-refractivity contribution in [3.8, 4) is 5.75 Å². The Morgan fingerprint density at radius 2 is 2.12 bits per heavy atom. The summed E-state index contributed by atoms with van der Waals surface area (Å²) in [6.07, 6.45) is 3.73. The van der Waals surface area contributed by atoms with Crippen LogP contribution in [0.1, 0.15) is 5.69 Å². The summed E-state index contributed by atoms with van der Waals surface area (Å²) in [6.45, 7) is 4.10. The van der Waals surface area contributed by atoms with Crippen molar-refractivity contribution in [3.05, 3.63) is 48.5 Å². The molecule has 1 fully saturated rings. The number of aryl methyl sites for hydroxylation is 1. The summed E-state index contributed by atoms with van der Waals surface area (Å²) in [6, 6.07) is 9.81. The van der Waals surface area contributed by atoms with Crippen LogP contribution in [0.2, 0.25) is 0 Å². The van der Waals surface area contributed by atoms with Gasteiger partial charge in [-0.1, -0.05) is 18.2 Å². The number of ether oxygens (including phenoxy) is 3. The normalized spacial score (nSPS) is 22.2. The number of nitrogens with zero attached hydrogens (tertiary/aromatic N) is 3. The molecule has 1 aromatic heterocycles. The van der Waals surface area contributed by atoms with Gasteiger partial charge in [-0.05, 0) is 12.1 Å². The molecule has 2 heterocycles. The molecule has 1 aromatic carbocycles. The first-order valence-electron chi connectivity index (χ1n) is 8.19. The maximum Gasteiger partial charge on any atom is 0.137 e. The molecule has 0 amide bonds. The van der Waals surface area contributed by atoms with Gasteiger partial charge in [0, 0.05) is 40.0 Å². The number of imidazole rings is 1. The van der Waals surface area contributed by atoms with Gasteiger partial charge in [0.15, 0.2) is 0 Å². The molecule has 0 N–H and O–H groups in total. The van der Waals surface area contributed by atoms with E-state index >= 15 is 0 Å². The monoisotopic (exact) mass is 331 g/mol. The largest absolute Gasteiger partial charge is 0.490 e. The maximum absolute atomic E-state index is 5.95.